The highest BCUT2D eigenvalue weighted by atomic mass is 79.9. The maximum absolute atomic E-state index is 12.5. The van der Waals surface area contributed by atoms with E-state index < -0.39 is 0 Å². The number of nitrogens with one attached hydrogen (secondary N) is 2. The SMILES string of the molecule is Cc1c[nH]c(=O)n1-c1ccc(C(=O)NC(C)CCc2ccc(Br)cc2)cc1. The highest BCUT2D eigenvalue weighted by molar-refractivity contribution is 9.10. The number of H-pyrrole nitrogens is 1. The first kappa shape index (κ1) is 19.2. The van der Waals surface area contributed by atoms with Crippen molar-refractivity contribution in [3.05, 3.63) is 86.5 Å². The summed E-state index contributed by atoms with van der Waals surface area (Å²) in [4.78, 5) is 26.9. The molecule has 1 aromatic heterocycles. The zero-order chi connectivity index (χ0) is 19.4. The Labute approximate surface area is 166 Å². The molecule has 1 unspecified atom stereocenters. The molecule has 1 atom stereocenters. The summed E-state index contributed by atoms with van der Waals surface area (Å²) in [7, 11) is 0. The summed E-state index contributed by atoms with van der Waals surface area (Å²) in [6, 6.07) is 15.3. The van der Waals surface area contributed by atoms with Crippen molar-refractivity contribution in [3.63, 3.8) is 0 Å². The number of rotatable bonds is 6. The van der Waals surface area contributed by atoms with Crippen molar-refractivity contribution in [1.29, 1.82) is 0 Å². The number of aromatic nitrogens is 2. The fraction of sp³-hybridized carbons (Fsp3) is 0.238. The number of hydrogen-bond donors (Lipinski definition) is 2. The maximum Gasteiger partial charge on any atom is 0.330 e. The Morgan fingerprint density at radius 3 is 2.41 bits per heavy atom. The van der Waals surface area contributed by atoms with Crippen molar-refractivity contribution in [2.45, 2.75) is 32.7 Å². The Bertz CT molecular complexity index is 972. The van der Waals surface area contributed by atoms with Crippen LogP contribution in [0.25, 0.3) is 5.69 Å². The molecule has 0 aliphatic carbocycles. The molecular formula is C21H22BrN3O2. The van der Waals surface area contributed by atoms with Gasteiger partial charge in [-0.25, -0.2) is 4.79 Å². The molecule has 3 rings (SSSR count). The number of imidazole rings is 1. The van der Waals surface area contributed by atoms with Crippen LogP contribution in [0, 0.1) is 6.92 Å². The zero-order valence-electron chi connectivity index (χ0n) is 15.3. The number of aryl methyl sites for hydroxylation is 2. The molecule has 3 aromatic rings. The summed E-state index contributed by atoms with van der Waals surface area (Å²) >= 11 is 3.43. The van der Waals surface area contributed by atoms with E-state index in [4.69, 9.17) is 0 Å². The van der Waals surface area contributed by atoms with E-state index in [9.17, 15) is 9.59 Å². The summed E-state index contributed by atoms with van der Waals surface area (Å²) in [5.41, 5.74) is 3.19. The summed E-state index contributed by atoms with van der Waals surface area (Å²) in [5, 5.41) is 3.03. The minimum absolute atomic E-state index is 0.0651. The van der Waals surface area contributed by atoms with E-state index in [0.717, 1.165) is 28.7 Å². The average Bonchev–Trinajstić information content (AvgIpc) is 3.00. The van der Waals surface area contributed by atoms with Gasteiger partial charge in [-0.05, 0) is 68.7 Å². The second kappa shape index (κ2) is 8.39. The van der Waals surface area contributed by atoms with Gasteiger partial charge >= 0.3 is 5.69 Å². The lowest BCUT2D eigenvalue weighted by Crippen LogP contribution is -2.32. The molecule has 0 saturated carbocycles. The molecule has 140 valence electrons. The van der Waals surface area contributed by atoms with Gasteiger partial charge in [-0.3, -0.25) is 9.36 Å². The van der Waals surface area contributed by atoms with Crippen LogP contribution >= 0.6 is 15.9 Å². The van der Waals surface area contributed by atoms with Crippen LogP contribution in [-0.4, -0.2) is 21.5 Å². The number of hydrogen-bond acceptors (Lipinski definition) is 2. The quantitative estimate of drug-likeness (QED) is 0.624. The zero-order valence-corrected chi connectivity index (χ0v) is 16.9. The fourth-order valence-corrected chi connectivity index (χ4v) is 3.22. The van der Waals surface area contributed by atoms with E-state index in [1.165, 1.54) is 5.56 Å². The lowest BCUT2D eigenvalue weighted by Gasteiger charge is -2.14. The van der Waals surface area contributed by atoms with Crippen molar-refractivity contribution < 1.29 is 4.79 Å². The second-order valence-electron chi connectivity index (χ2n) is 6.66. The Balaban J connectivity index is 1.59. The molecule has 0 spiro atoms. The van der Waals surface area contributed by atoms with Gasteiger partial charge in [0.2, 0.25) is 0 Å². The van der Waals surface area contributed by atoms with Crippen molar-refractivity contribution in [2.75, 3.05) is 0 Å². The van der Waals surface area contributed by atoms with Gasteiger partial charge in [0.1, 0.15) is 0 Å². The summed E-state index contributed by atoms with van der Waals surface area (Å²) in [6.45, 7) is 3.86. The average molecular weight is 428 g/mol. The van der Waals surface area contributed by atoms with Gasteiger partial charge in [0.05, 0.1) is 5.69 Å². The van der Waals surface area contributed by atoms with Gasteiger partial charge in [-0.1, -0.05) is 28.1 Å². The molecule has 2 aromatic carbocycles. The molecule has 2 N–H and O–H groups in total. The molecule has 0 saturated heterocycles. The highest BCUT2D eigenvalue weighted by Crippen LogP contribution is 2.13. The summed E-state index contributed by atoms with van der Waals surface area (Å²) in [5.74, 6) is -0.108. The van der Waals surface area contributed by atoms with Crippen molar-refractivity contribution >= 4 is 21.8 Å². The van der Waals surface area contributed by atoms with Crippen molar-refractivity contribution in [2.24, 2.45) is 0 Å². The lowest BCUT2D eigenvalue weighted by molar-refractivity contribution is 0.0938. The van der Waals surface area contributed by atoms with Gasteiger partial charge < -0.3 is 10.3 Å². The van der Waals surface area contributed by atoms with Crippen LogP contribution < -0.4 is 11.0 Å². The van der Waals surface area contributed by atoms with Gasteiger partial charge in [-0.2, -0.15) is 0 Å². The summed E-state index contributed by atoms with van der Waals surface area (Å²) in [6.07, 6.45) is 3.43. The molecule has 0 radical (unpaired) electrons. The van der Waals surface area contributed by atoms with Crippen LogP contribution in [0.15, 0.2) is 64.0 Å². The number of amides is 1. The maximum atomic E-state index is 12.5. The number of benzene rings is 2. The van der Waals surface area contributed by atoms with Crippen LogP contribution in [0.1, 0.15) is 35.0 Å². The van der Waals surface area contributed by atoms with Crippen LogP contribution in [0.4, 0.5) is 0 Å². The monoisotopic (exact) mass is 427 g/mol. The van der Waals surface area contributed by atoms with Gasteiger partial charge in [0.25, 0.3) is 5.91 Å². The lowest BCUT2D eigenvalue weighted by atomic mass is 10.1. The first-order valence-electron chi connectivity index (χ1n) is 8.87. The molecule has 27 heavy (non-hydrogen) atoms. The van der Waals surface area contributed by atoms with Crippen LogP contribution in [0.3, 0.4) is 0 Å². The normalized spacial score (nSPS) is 12.0. The van der Waals surface area contributed by atoms with E-state index in [2.05, 4.69) is 38.4 Å². The molecule has 0 aliphatic rings. The summed E-state index contributed by atoms with van der Waals surface area (Å²) < 4.78 is 2.64. The van der Waals surface area contributed by atoms with Crippen LogP contribution in [-0.2, 0) is 6.42 Å². The number of carbonyl (C=O) groups excluding carboxylic acids is 1. The smallest absolute Gasteiger partial charge is 0.330 e. The van der Waals surface area contributed by atoms with E-state index in [0.29, 0.717) is 5.56 Å². The molecule has 0 aliphatic heterocycles. The standard InChI is InChI=1S/C21H22BrN3O2/c1-14(3-4-16-5-9-18(22)10-6-16)24-20(26)17-7-11-19(12-8-17)25-15(2)13-23-21(25)27/h5-14H,3-4H2,1-2H3,(H,23,27)(H,24,26). The number of halogens is 1. The van der Waals surface area contributed by atoms with Crippen LogP contribution in [0.2, 0.25) is 0 Å². The second-order valence-corrected chi connectivity index (χ2v) is 7.57. The fourth-order valence-electron chi connectivity index (χ4n) is 2.95. The minimum Gasteiger partial charge on any atom is -0.350 e. The van der Waals surface area contributed by atoms with Gasteiger partial charge in [0, 0.05) is 28.0 Å². The molecule has 6 heteroatoms. The third-order valence-corrected chi connectivity index (χ3v) is 5.03. The van der Waals surface area contributed by atoms with E-state index in [1.807, 2.05) is 26.0 Å². The van der Waals surface area contributed by atoms with Gasteiger partial charge in [-0.15, -0.1) is 0 Å². The third kappa shape index (κ3) is 4.77. The Hall–Kier alpha value is -2.60. The highest BCUT2D eigenvalue weighted by Gasteiger charge is 2.11. The Morgan fingerprint density at radius 2 is 1.81 bits per heavy atom. The molecule has 1 heterocycles. The van der Waals surface area contributed by atoms with E-state index in [-0.39, 0.29) is 17.6 Å². The van der Waals surface area contributed by atoms with Crippen molar-refractivity contribution in [1.82, 2.24) is 14.9 Å². The molecular weight excluding hydrogens is 406 g/mol. The van der Waals surface area contributed by atoms with Crippen LogP contribution in [0.5, 0.6) is 0 Å². The molecule has 1 amide bonds. The first-order valence-corrected chi connectivity index (χ1v) is 9.66. The Kier molecular flexibility index (Phi) is 5.96. The van der Waals surface area contributed by atoms with Gasteiger partial charge in [0.15, 0.2) is 0 Å². The first-order chi connectivity index (χ1) is 12.9. The molecule has 0 bridgehead atoms. The predicted octanol–water partition coefficient (Wildman–Crippen LogP) is 3.99. The number of nitrogens with zero attached hydrogens (tertiary/aromatic N) is 1. The minimum atomic E-state index is -0.189. The van der Waals surface area contributed by atoms with E-state index >= 15 is 0 Å². The number of carbonyl (C=O) groups is 1. The number of aromatic amines is 1. The largest absolute Gasteiger partial charge is 0.350 e. The molecule has 0 fully saturated rings. The van der Waals surface area contributed by atoms with Crippen molar-refractivity contribution in [3.8, 4) is 5.69 Å². The topological polar surface area (TPSA) is 66.9 Å². The Morgan fingerprint density at radius 1 is 1.15 bits per heavy atom. The molecule has 5 nitrogen and oxygen atoms in total. The predicted molar refractivity (Wildman–Crippen MR) is 111 cm³/mol. The third-order valence-electron chi connectivity index (χ3n) is 4.50. The van der Waals surface area contributed by atoms with E-state index in [1.54, 1.807) is 35.0 Å².